The molecule has 0 saturated carbocycles. The van der Waals surface area contributed by atoms with Crippen LogP contribution < -0.4 is 0 Å². The molecule has 1 aliphatic heterocycles. The van der Waals surface area contributed by atoms with Gasteiger partial charge in [0.05, 0.1) is 11.5 Å². The largest absolute Gasteiger partial charge is 0.377 e. The predicted octanol–water partition coefficient (Wildman–Crippen LogP) is 3.30. The van der Waals surface area contributed by atoms with Crippen molar-refractivity contribution in [3.63, 3.8) is 0 Å². The summed E-state index contributed by atoms with van der Waals surface area (Å²) in [6.07, 6.45) is 3.42. The zero-order chi connectivity index (χ0) is 16.9. The van der Waals surface area contributed by atoms with E-state index < -0.39 is 10.0 Å². The Morgan fingerprint density at radius 3 is 2.61 bits per heavy atom. The Hall–Kier alpha value is -1.43. The van der Waals surface area contributed by atoms with Gasteiger partial charge in [0.2, 0.25) is 10.0 Å². The molecular weight excluding hydrogens is 310 g/mol. The van der Waals surface area contributed by atoms with E-state index in [1.165, 1.54) is 4.31 Å². The summed E-state index contributed by atoms with van der Waals surface area (Å²) >= 11 is 0. The number of hydrogen-bond acceptors (Lipinski definition) is 3. The van der Waals surface area contributed by atoms with Gasteiger partial charge in [0.1, 0.15) is 0 Å². The lowest BCUT2D eigenvalue weighted by Gasteiger charge is -2.29. The molecule has 1 aliphatic rings. The van der Waals surface area contributed by atoms with Crippen molar-refractivity contribution in [2.24, 2.45) is 0 Å². The second-order valence-electron chi connectivity index (χ2n) is 5.79. The van der Waals surface area contributed by atoms with Gasteiger partial charge in [0.25, 0.3) is 0 Å². The maximum Gasteiger partial charge on any atom is 0.243 e. The summed E-state index contributed by atoms with van der Waals surface area (Å²) in [6, 6.07) is 6.99. The first-order valence-electron chi connectivity index (χ1n) is 7.97. The zero-order valence-corrected chi connectivity index (χ0v) is 14.7. The average molecular weight is 335 g/mol. The van der Waals surface area contributed by atoms with E-state index in [1.54, 1.807) is 18.2 Å². The minimum absolute atomic E-state index is 0.345. The molecule has 2 rings (SSSR count). The standard InChI is InChI=1S/C18H25NO3S/c1-4-12-22-14-17-10-11-19(13-16(17)5-2)23(20,21)18-8-6-15(3)7-9-18/h5-9H,2,4,10-14H2,1,3H3. The SMILES string of the molecule is C=CC1=C(COCCC)CCN(S(=O)(=O)c2ccc(C)cc2)C1. The van der Waals surface area contributed by atoms with Crippen molar-refractivity contribution in [2.75, 3.05) is 26.3 Å². The quantitative estimate of drug-likeness (QED) is 0.718. The molecule has 0 atom stereocenters. The van der Waals surface area contributed by atoms with E-state index in [0.29, 0.717) is 31.0 Å². The molecule has 0 aliphatic carbocycles. The van der Waals surface area contributed by atoms with Crippen molar-refractivity contribution in [1.82, 2.24) is 4.31 Å². The molecule has 0 unspecified atom stereocenters. The van der Waals surface area contributed by atoms with Crippen LogP contribution in [0.3, 0.4) is 0 Å². The van der Waals surface area contributed by atoms with E-state index in [0.717, 1.165) is 29.7 Å². The van der Waals surface area contributed by atoms with E-state index in [2.05, 4.69) is 13.5 Å². The maximum absolute atomic E-state index is 12.8. The van der Waals surface area contributed by atoms with Crippen LogP contribution in [0.1, 0.15) is 25.3 Å². The van der Waals surface area contributed by atoms with Crippen LogP contribution in [0, 0.1) is 6.92 Å². The molecule has 0 radical (unpaired) electrons. The fourth-order valence-electron chi connectivity index (χ4n) is 2.58. The number of sulfonamides is 1. The van der Waals surface area contributed by atoms with Crippen molar-refractivity contribution in [1.29, 1.82) is 0 Å². The topological polar surface area (TPSA) is 46.6 Å². The van der Waals surface area contributed by atoms with Crippen LogP contribution in [-0.4, -0.2) is 39.0 Å². The molecule has 5 heteroatoms. The number of rotatable bonds is 7. The van der Waals surface area contributed by atoms with Crippen molar-refractivity contribution < 1.29 is 13.2 Å². The van der Waals surface area contributed by atoms with Gasteiger partial charge >= 0.3 is 0 Å². The third-order valence-corrected chi connectivity index (χ3v) is 5.85. The molecule has 0 bridgehead atoms. The Morgan fingerprint density at radius 2 is 2.00 bits per heavy atom. The van der Waals surface area contributed by atoms with E-state index in [1.807, 2.05) is 19.1 Å². The molecule has 23 heavy (non-hydrogen) atoms. The molecule has 4 nitrogen and oxygen atoms in total. The van der Waals surface area contributed by atoms with Crippen LogP contribution in [0.5, 0.6) is 0 Å². The van der Waals surface area contributed by atoms with Crippen molar-refractivity contribution in [3.05, 3.63) is 53.6 Å². The third-order valence-electron chi connectivity index (χ3n) is 3.99. The first-order valence-corrected chi connectivity index (χ1v) is 9.41. The number of ether oxygens (including phenoxy) is 1. The van der Waals surface area contributed by atoms with Crippen LogP contribution >= 0.6 is 0 Å². The fourth-order valence-corrected chi connectivity index (χ4v) is 4.00. The molecule has 0 spiro atoms. The summed E-state index contributed by atoms with van der Waals surface area (Å²) in [7, 11) is -3.46. The Morgan fingerprint density at radius 1 is 1.30 bits per heavy atom. The van der Waals surface area contributed by atoms with Crippen LogP contribution in [0.15, 0.2) is 53.0 Å². The summed E-state index contributed by atoms with van der Waals surface area (Å²) in [5.74, 6) is 0. The summed E-state index contributed by atoms with van der Waals surface area (Å²) < 4.78 is 32.7. The lowest BCUT2D eigenvalue weighted by molar-refractivity contribution is 0.152. The lowest BCUT2D eigenvalue weighted by atomic mass is 10.0. The number of benzene rings is 1. The van der Waals surface area contributed by atoms with Gasteiger partial charge in [-0.25, -0.2) is 8.42 Å². The monoisotopic (exact) mass is 335 g/mol. The van der Waals surface area contributed by atoms with Crippen molar-refractivity contribution in [3.8, 4) is 0 Å². The van der Waals surface area contributed by atoms with Crippen LogP contribution in [-0.2, 0) is 14.8 Å². The third kappa shape index (κ3) is 4.31. The van der Waals surface area contributed by atoms with Gasteiger partial charge in [-0.2, -0.15) is 4.31 Å². The Bertz CT molecular complexity index is 675. The van der Waals surface area contributed by atoms with Crippen molar-refractivity contribution in [2.45, 2.75) is 31.6 Å². The van der Waals surface area contributed by atoms with Gasteiger partial charge < -0.3 is 4.74 Å². The first kappa shape index (κ1) is 17.9. The zero-order valence-electron chi connectivity index (χ0n) is 13.9. The van der Waals surface area contributed by atoms with Crippen molar-refractivity contribution >= 4 is 10.0 Å². The van der Waals surface area contributed by atoms with E-state index >= 15 is 0 Å². The lowest BCUT2D eigenvalue weighted by Crippen LogP contribution is -2.37. The Labute approximate surface area is 139 Å². The fraction of sp³-hybridized carbons (Fsp3) is 0.444. The van der Waals surface area contributed by atoms with Gasteiger partial charge in [-0.1, -0.05) is 37.3 Å². The van der Waals surface area contributed by atoms with Gasteiger partial charge in [-0.05, 0) is 43.0 Å². The maximum atomic E-state index is 12.8. The van der Waals surface area contributed by atoms with Gasteiger partial charge in [0.15, 0.2) is 0 Å². The highest BCUT2D eigenvalue weighted by atomic mass is 32.2. The van der Waals surface area contributed by atoms with Gasteiger partial charge in [-0.15, -0.1) is 0 Å². The number of aryl methyl sites for hydroxylation is 1. The molecular formula is C18H25NO3S. The van der Waals surface area contributed by atoms with E-state index in [-0.39, 0.29) is 0 Å². The molecule has 0 fully saturated rings. The molecule has 0 N–H and O–H groups in total. The van der Waals surface area contributed by atoms with Crippen LogP contribution in [0.2, 0.25) is 0 Å². The molecule has 0 saturated heterocycles. The van der Waals surface area contributed by atoms with Gasteiger partial charge in [-0.3, -0.25) is 0 Å². The summed E-state index contributed by atoms with van der Waals surface area (Å²) in [5, 5.41) is 0. The minimum Gasteiger partial charge on any atom is -0.377 e. The molecule has 1 aromatic rings. The predicted molar refractivity (Wildman–Crippen MR) is 92.9 cm³/mol. The smallest absolute Gasteiger partial charge is 0.243 e. The average Bonchev–Trinajstić information content (AvgIpc) is 2.55. The normalized spacial score (nSPS) is 16.6. The second kappa shape index (κ2) is 7.90. The Kier molecular flexibility index (Phi) is 6.16. The second-order valence-corrected chi connectivity index (χ2v) is 7.73. The summed E-state index contributed by atoms with van der Waals surface area (Å²) in [4.78, 5) is 0.345. The minimum atomic E-state index is -3.46. The molecule has 126 valence electrons. The highest BCUT2D eigenvalue weighted by molar-refractivity contribution is 7.89. The summed E-state index contributed by atoms with van der Waals surface area (Å²) in [6.45, 7) is 9.98. The number of nitrogens with zero attached hydrogens (tertiary/aromatic N) is 1. The molecule has 0 aromatic heterocycles. The Balaban J connectivity index is 2.16. The number of hydrogen-bond donors (Lipinski definition) is 0. The van der Waals surface area contributed by atoms with Crippen LogP contribution in [0.4, 0.5) is 0 Å². The highest BCUT2D eigenvalue weighted by Crippen LogP contribution is 2.25. The van der Waals surface area contributed by atoms with Crippen LogP contribution in [0.25, 0.3) is 0 Å². The molecule has 1 aromatic carbocycles. The van der Waals surface area contributed by atoms with E-state index in [4.69, 9.17) is 4.74 Å². The first-order chi connectivity index (χ1) is 11.0. The summed E-state index contributed by atoms with van der Waals surface area (Å²) in [5.41, 5.74) is 3.16. The highest BCUT2D eigenvalue weighted by Gasteiger charge is 2.28. The van der Waals surface area contributed by atoms with E-state index in [9.17, 15) is 8.42 Å². The molecule has 0 amide bonds. The van der Waals surface area contributed by atoms with Gasteiger partial charge in [0, 0.05) is 19.7 Å². The molecule has 1 heterocycles.